The largest absolute Gasteiger partial charge is 0.391 e. The van der Waals surface area contributed by atoms with Crippen LogP contribution in [0.4, 0.5) is 0 Å². The summed E-state index contributed by atoms with van der Waals surface area (Å²) in [5, 5.41) is 13.3. The standard InChI is InChI=1S/C19H21N5O2/c25-18-8-13(10-24-6-5-20-12-24)7-16(18)23-19(26)15-3-1-14(2-4-15)17-9-21-11-22-17/h1-6,9,11-13,16,18,25H,7-8,10H2,(H,21,22)(H,23,26)/t13?,16-,18-/m1/s1. The van der Waals surface area contributed by atoms with Crippen LogP contribution in [0, 0.1) is 5.92 Å². The second-order valence-corrected chi connectivity index (χ2v) is 6.79. The highest BCUT2D eigenvalue weighted by molar-refractivity contribution is 5.94. The van der Waals surface area contributed by atoms with Crippen molar-refractivity contribution in [3.63, 3.8) is 0 Å². The Bertz CT molecular complexity index is 843. The number of hydrogen-bond acceptors (Lipinski definition) is 4. The first kappa shape index (κ1) is 16.5. The van der Waals surface area contributed by atoms with Crippen molar-refractivity contribution in [1.29, 1.82) is 0 Å². The van der Waals surface area contributed by atoms with Gasteiger partial charge in [0.15, 0.2) is 0 Å². The molecule has 1 aliphatic rings. The Kier molecular flexibility index (Phi) is 4.53. The van der Waals surface area contributed by atoms with E-state index in [1.54, 1.807) is 37.2 Å². The fourth-order valence-electron chi connectivity index (χ4n) is 3.58. The number of nitrogens with one attached hydrogen (secondary N) is 2. The number of rotatable bonds is 5. The minimum atomic E-state index is -0.517. The molecule has 2 aromatic heterocycles. The summed E-state index contributed by atoms with van der Waals surface area (Å²) < 4.78 is 2.01. The van der Waals surface area contributed by atoms with Gasteiger partial charge in [0.1, 0.15) is 0 Å². The Morgan fingerprint density at radius 3 is 2.81 bits per heavy atom. The number of H-pyrrole nitrogens is 1. The maximum atomic E-state index is 12.5. The number of aliphatic hydroxyl groups is 1. The molecule has 0 saturated heterocycles. The molecule has 0 aliphatic heterocycles. The first-order valence-electron chi connectivity index (χ1n) is 8.72. The van der Waals surface area contributed by atoms with Gasteiger partial charge in [-0.25, -0.2) is 9.97 Å². The lowest BCUT2D eigenvalue weighted by molar-refractivity contribution is 0.0873. The van der Waals surface area contributed by atoms with Crippen molar-refractivity contribution in [3.8, 4) is 11.3 Å². The van der Waals surface area contributed by atoms with Gasteiger partial charge in [-0.05, 0) is 36.5 Å². The van der Waals surface area contributed by atoms with E-state index in [1.807, 2.05) is 22.9 Å². The SMILES string of the molecule is O=C(N[C@@H]1CC(Cn2ccnc2)C[C@H]1O)c1ccc(-c2cnc[nH]2)cc1. The Morgan fingerprint density at radius 1 is 1.27 bits per heavy atom. The monoisotopic (exact) mass is 351 g/mol. The molecule has 7 nitrogen and oxygen atoms in total. The van der Waals surface area contributed by atoms with Crippen molar-refractivity contribution in [2.75, 3.05) is 0 Å². The van der Waals surface area contributed by atoms with E-state index in [9.17, 15) is 9.90 Å². The summed E-state index contributed by atoms with van der Waals surface area (Å²) >= 11 is 0. The van der Waals surface area contributed by atoms with Gasteiger partial charge in [-0.2, -0.15) is 0 Å². The normalized spacial score (nSPS) is 22.4. The molecule has 134 valence electrons. The molecule has 0 spiro atoms. The van der Waals surface area contributed by atoms with E-state index in [0.717, 1.165) is 24.2 Å². The van der Waals surface area contributed by atoms with Crippen LogP contribution in [0.15, 0.2) is 55.5 Å². The highest BCUT2D eigenvalue weighted by atomic mass is 16.3. The maximum Gasteiger partial charge on any atom is 0.251 e. The second-order valence-electron chi connectivity index (χ2n) is 6.79. The first-order valence-corrected chi connectivity index (χ1v) is 8.72. The van der Waals surface area contributed by atoms with Crippen LogP contribution in [-0.2, 0) is 6.54 Å². The predicted octanol–water partition coefficient (Wildman–Crippen LogP) is 1.84. The summed E-state index contributed by atoms with van der Waals surface area (Å²) in [5.74, 6) is 0.167. The summed E-state index contributed by atoms with van der Waals surface area (Å²) in [4.78, 5) is 23.6. The van der Waals surface area contributed by atoms with Crippen molar-refractivity contribution in [2.24, 2.45) is 5.92 Å². The summed E-state index contributed by atoms with van der Waals surface area (Å²) in [6.07, 6.45) is 9.73. The summed E-state index contributed by atoms with van der Waals surface area (Å²) in [6, 6.07) is 7.12. The van der Waals surface area contributed by atoms with Crippen molar-refractivity contribution in [3.05, 3.63) is 61.1 Å². The minimum absolute atomic E-state index is 0.159. The molecule has 3 aromatic rings. The molecule has 2 heterocycles. The number of amides is 1. The Hall–Kier alpha value is -2.93. The zero-order valence-electron chi connectivity index (χ0n) is 14.2. The zero-order chi connectivity index (χ0) is 17.9. The topological polar surface area (TPSA) is 95.8 Å². The highest BCUT2D eigenvalue weighted by Crippen LogP contribution is 2.28. The lowest BCUT2D eigenvalue weighted by atomic mass is 10.1. The van der Waals surface area contributed by atoms with Gasteiger partial charge in [0.2, 0.25) is 0 Å². The molecule has 1 unspecified atom stereocenters. The fourth-order valence-corrected chi connectivity index (χ4v) is 3.58. The Labute approximate surface area is 151 Å². The molecule has 26 heavy (non-hydrogen) atoms. The van der Waals surface area contributed by atoms with Crippen molar-refractivity contribution < 1.29 is 9.90 Å². The molecule has 7 heteroatoms. The average Bonchev–Trinajstić information content (AvgIpc) is 3.39. The minimum Gasteiger partial charge on any atom is -0.391 e. The molecule has 0 bridgehead atoms. The van der Waals surface area contributed by atoms with Crippen LogP contribution in [0.3, 0.4) is 0 Å². The van der Waals surface area contributed by atoms with Gasteiger partial charge in [-0.15, -0.1) is 0 Å². The number of benzene rings is 1. The molecule has 1 aliphatic carbocycles. The molecule has 1 fully saturated rings. The quantitative estimate of drug-likeness (QED) is 0.653. The van der Waals surface area contributed by atoms with Crippen LogP contribution in [0.2, 0.25) is 0 Å². The molecule has 1 saturated carbocycles. The van der Waals surface area contributed by atoms with Crippen LogP contribution in [0.5, 0.6) is 0 Å². The fraction of sp³-hybridized carbons (Fsp3) is 0.316. The number of carbonyl (C=O) groups is 1. The van der Waals surface area contributed by atoms with Gasteiger partial charge in [0, 0.05) is 24.5 Å². The van der Waals surface area contributed by atoms with Gasteiger partial charge < -0.3 is 20.0 Å². The summed E-state index contributed by atoms with van der Waals surface area (Å²) in [7, 11) is 0. The van der Waals surface area contributed by atoms with Crippen LogP contribution in [0.1, 0.15) is 23.2 Å². The number of aromatic amines is 1. The van der Waals surface area contributed by atoms with Crippen LogP contribution in [0.25, 0.3) is 11.3 Å². The number of imidazole rings is 2. The van der Waals surface area contributed by atoms with Crippen LogP contribution >= 0.6 is 0 Å². The molecular formula is C19H21N5O2. The Balaban J connectivity index is 1.37. The molecule has 3 N–H and O–H groups in total. The van der Waals surface area contributed by atoms with Crippen LogP contribution < -0.4 is 5.32 Å². The maximum absolute atomic E-state index is 12.5. The van der Waals surface area contributed by atoms with E-state index in [-0.39, 0.29) is 11.9 Å². The van der Waals surface area contributed by atoms with E-state index >= 15 is 0 Å². The predicted molar refractivity (Wildman–Crippen MR) is 96.2 cm³/mol. The number of carbonyl (C=O) groups excluding carboxylic acids is 1. The smallest absolute Gasteiger partial charge is 0.251 e. The zero-order valence-corrected chi connectivity index (χ0v) is 14.2. The summed E-state index contributed by atoms with van der Waals surface area (Å²) in [5.41, 5.74) is 2.46. The molecule has 1 amide bonds. The molecule has 0 radical (unpaired) electrons. The lowest BCUT2D eigenvalue weighted by Gasteiger charge is -2.16. The third-order valence-electron chi connectivity index (χ3n) is 4.93. The third kappa shape index (κ3) is 3.52. The second kappa shape index (κ2) is 7.13. The van der Waals surface area contributed by atoms with Gasteiger partial charge in [0.25, 0.3) is 5.91 Å². The van der Waals surface area contributed by atoms with Crippen LogP contribution in [-0.4, -0.2) is 42.7 Å². The van der Waals surface area contributed by atoms with E-state index < -0.39 is 6.10 Å². The summed E-state index contributed by atoms with van der Waals surface area (Å²) in [6.45, 7) is 0.808. The van der Waals surface area contributed by atoms with E-state index in [4.69, 9.17) is 0 Å². The molecule has 4 rings (SSSR count). The van der Waals surface area contributed by atoms with Gasteiger partial charge in [-0.1, -0.05) is 12.1 Å². The number of nitrogens with zero attached hydrogens (tertiary/aromatic N) is 3. The first-order chi connectivity index (χ1) is 12.7. The van der Waals surface area contributed by atoms with Crippen molar-refractivity contribution in [2.45, 2.75) is 31.5 Å². The number of hydrogen-bond donors (Lipinski definition) is 3. The van der Waals surface area contributed by atoms with E-state index in [0.29, 0.717) is 17.9 Å². The van der Waals surface area contributed by atoms with Crippen molar-refractivity contribution in [1.82, 2.24) is 24.8 Å². The molecule has 1 aromatic carbocycles. The van der Waals surface area contributed by atoms with E-state index in [2.05, 4.69) is 20.3 Å². The number of aromatic nitrogens is 4. The highest BCUT2D eigenvalue weighted by Gasteiger charge is 2.34. The average molecular weight is 351 g/mol. The van der Waals surface area contributed by atoms with Crippen molar-refractivity contribution >= 4 is 5.91 Å². The third-order valence-corrected chi connectivity index (χ3v) is 4.93. The number of aliphatic hydroxyl groups excluding tert-OH is 1. The molecular weight excluding hydrogens is 330 g/mol. The molecule has 3 atom stereocenters. The van der Waals surface area contributed by atoms with Gasteiger partial charge >= 0.3 is 0 Å². The van der Waals surface area contributed by atoms with Gasteiger partial charge in [-0.3, -0.25) is 4.79 Å². The van der Waals surface area contributed by atoms with Gasteiger partial charge in [0.05, 0.1) is 36.7 Å². The Morgan fingerprint density at radius 2 is 2.12 bits per heavy atom. The van der Waals surface area contributed by atoms with E-state index in [1.165, 1.54) is 0 Å². The lowest BCUT2D eigenvalue weighted by Crippen LogP contribution is -2.39.